The number of aliphatic carboxylic acids is 1. The minimum Gasteiger partial charge on any atom is -0.481 e. The van der Waals surface area contributed by atoms with E-state index in [0.29, 0.717) is 22.3 Å². The zero-order chi connectivity index (χ0) is 19.5. The highest BCUT2D eigenvalue weighted by atomic mass is 16.5. The number of carboxylic acids is 1. The van der Waals surface area contributed by atoms with Crippen molar-refractivity contribution in [2.45, 2.75) is 52.1 Å². The van der Waals surface area contributed by atoms with Crippen LogP contribution in [0.1, 0.15) is 55.7 Å². The molecular formula is C18H26N4O4. The van der Waals surface area contributed by atoms with Crippen molar-refractivity contribution < 1.29 is 19.4 Å². The molecule has 0 saturated heterocycles. The number of fused-ring (bicyclic) bond motifs is 1. The van der Waals surface area contributed by atoms with Gasteiger partial charge in [-0.05, 0) is 33.3 Å². The average Bonchev–Trinajstić information content (AvgIpc) is 2.95. The summed E-state index contributed by atoms with van der Waals surface area (Å²) in [5.41, 5.74) is 0.749. The van der Waals surface area contributed by atoms with Crippen molar-refractivity contribution in [2.24, 2.45) is 0 Å². The number of carbonyl (C=O) groups is 2. The third kappa shape index (κ3) is 4.19. The first-order valence-electron chi connectivity index (χ1n) is 8.59. The Balaban J connectivity index is 2.44. The van der Waals surface area contributed by atoms with Crippen LogP contribution in [0.2, 0.25) is 0 Å². The van der Waals surface area contributed by atoms with Gasteiger partial charge in [-0.1, -0.05) is 6.92 Å². The van der Waals surface area contributed by atoms with Gasteiger partial charge in [-0.25, -0.2) is 9.67 Å². The smallest absolute Gasteiger partial charge is 0.305 e. The lowest BCUT2D eigenvalue weighted by Crippen LogP contribution is -2.50. The van der Waals surface area contributed by atoms with Crippen molar-refractivity contribution >= 4 is 22.9 Å². The first-order valence-corrected chi connectivity index (χ1v) is 8.59. The second kappa shape index (κ2) is 7.82. The number of carbonyl (C=O) groups excluding carboxylic acids is 1. The topological polar surface area (TPSA) is 106 Å². The van der Waals surface area contributed by atoms with E-state index in [1.807, 2.05) is 18.5 Å². The van der Waals surface area contributed by atoms with E-state index in [9.17, 15) is 9.59 Å². The van der Waals surface area contributed by atoms with E-state index < -0.39 is 11.5 Å². The SMILES string of the molecule is CCC(C)n1ncc2c(C(=O)NC(C)(COC)CC(=O)O)cc(C)nc21. The van der Waals surface area contributed by atoms with Gasteiger partial charge in [0, 0.05) is 12.8 Å². The molecular weight excluding hydrogens is 336 g/mol. The summed E-state index contributed by atoms with van der Waals surface area (Å²) in [5, 5.41) is 17.0. The number of aromatic nitrogens is 3. The number of hydrogen-bond acceptors (Lipinski definition) is 5. The third-order valence-electron chi connectivity index (χ3n) is 4.37. The van der Waals surface area contributed by atoms with E-state index in [4.69, 9.17) is 9.84 Å². The number of methoxy groups -OCH3 is 1. The standard InChI is InChI=1S/C18H26N4O4/c1-6-12(3)22-16-14(9-19-22)13(7-11(2)20-16)17(25)21-18(4,10-26-5)8-15(23)24/h7,9,12H,6,8,10H2,1-5H3,(H,21,25)(H,23,24). The molecule has 0 aliphatic rings. The second-order valence-electron chi connectivity index (χ2n) is 6.91. The lowest BCUT2D eigenvalue weighted by molar-refractivity contribution is -0.139. The van der Waals surface area contributed by atoms with Gasteiger partial charge in [-0.15, -0.1) is 0 Å². The molecule has 0 radical (unpaired) electrons. The van der Waals surface area contributed by atoms with E-state index in [0.717, 1.165) is 6.42 Å². The van der Waals surface area contributed by atoms with Crippen molar-refractivity contribution in [1.29, 1.82) is 0 Å². The Labute approximate surface area is 152 Å². The van der Waals surface area contributed by atoms with Gasteiger partial charge < -0.3 is 15.2 Å². The van der Waals surface area contributed by atoms with Gasteiger partial charge in [-0.3, -0.25) is 9.59 Å². The van der Waals surface area contributed by atoms with Crippen LogP contribution in [0.5, 0.6) is 0 Å². The normalized spacial score (nSPS) is 14.8. The van der Waals surface area contributed by atoms with E-state index in [2.05, 4.69) is 22.3 Å². The highest BCUT2D eigenvalue weighted by molar-refractivity contribution is 6.06. The van der Waals surface area contributed by atoms with E-state index in [1.165, 1.54) is 7.11 Å². The third-order valence-corrected chi connectivity index (χ3v) is 4.37. The van der Waals surface area contributed by atoms with E-state index >= 15 is 0 Å². The summed E-state index contributed by atoms with van der Waals surface area (Å²) >= 11 is 0. The monoisotopic (exact) mass is 362 g/mol. The molecule has 0 bridgehead atoms. The van der Waals surface area contributed by atoms with Crippen LogP contribution in [-0.4, -0.2) is 51.0 Å². The van der Waals surface area contributed by atoms with Crippen molar-refractivity contribution in [3.63, 3.8) is 0 Å². The zero-order valence-corrected chi connectivity index (χ0v) is 15.9. The summed E-state index contributed by atoms with van der Waals surface area (Å²) in [6.45, 7) is 7.65. The maximum absolute atomic E-state index is 12.9. The molecule has 0 spiro atoms. The van der Waals surface area contributed by atoms with Gasteiger partial charge in [-0.2, -0.15) is 5.10 Å². The summed E-state index contributed by atoms with van der Waals surface area (Å²) in [5.74, 6) is -1.38. The molecule has 0 fully saturated rings. The van der Waals surface area contributed by atoms with Crippen LogP contribution in [-0.2, 0) is 9.53 Å². The predicted molar refractivity (Wildman–Crippen MR) is 97.3 cm³/mol. The summed E-state index contributed by atoms with van der Waals surface area (Å²) in [7, 11) is 1.47. The number of hydrogen-bond donors (Lipinski definition) is 2. The minimum atomic E-state index is -1.02. The van der Waals surface area contributed by atoms with Gasteiger partial charge in [0.15, 0.2) is 5.65 Å². The molecule has 2 unspecified atom stereocenters. The van der Waals surface area contributed by atoms with Gasteiger partial charge in [0.2, 0.25) is 0 Å². The molecule has 26 heavy (non-hydrogen) atoms. The fourth-order valence-electron chi connectivity index (χ4n) is 2.95. The molecule has 142 valence electrons. The van der Waals surface area contributed by atoms with Crippen LogP contribution in [0.3, 0.4) is 0 Å². The summed E-state index contributed by atoms with van der Waals surface area (Å²) in [6.07, 6.45) is 2.28. The predicted octanol–water partition coefficient (Wildman–Crippen LogP) is 2.32. The molecule has 2 N–H and O–H groups in total. The van der Waals surface area contributed by atoms with Gasteiger partial charge in [0.05, 0.1) is 41.8 Å². The molecule has 8 heteroatoms. The quantitative estimate of drug-likeness (QED) is 0.746. The van der Waals surface area contributed by atoms with E-state index in [-0.39, 0.29) is 25.0 Å². The van der Waals surface area contributed by atoms with E-state index in [1.54, 1.807) is 19.2 Å². The van der Waals surface area contributed by atoms with Crippen LogP contribution >= 0.6 is 0 Å². The van der Waals surface area contributed by atoms with Crippen LogP contribution in [0.25, 0.3) is 11.0 Å². The molecule has 2 rings (SSSR count). The Morgan fingerprint density at radius 3 is 2.73 bits per heavy atom. The molecule has 1 amide bonds. The van der Waals surface area contributed by atoms with Crippen molar-refractivity contribution in [3.05, 3.63) is 23.5 Å². The van der Waals surface area contributed by atoms with Gasteiger partial charge >= 0.3 is 5.97 Å². The number of ether oxygens (including phenoxy) is 1. The highest BCUT2D eigenvalue weighted by Crippen LogP contribution is 2.23. The number of rotatable bonds is 8. The first-order chi connectivity index (χ1) is 12.2. The Hall–Kier alpha value is -2.48. The lowest BCUT2D eigenvalue weighted by atomic mass is 9.98. The van der Waals surface area contributed by atoms with Crippen molar-refractivity contribution in [2.75, 3.05) is 13.7 Å². The average molecular weight is 362 g/mol. The van der Waals surface area contributed by atoms with Crippen LogP contribution in [0.15, 0.2) is 12.3 Å². The largest absolute Gasteiger partial charge is 0.481 e. The number of carboxylic acid groups (broad SMARTS) is 1. The minimum absolute atomic E-state index is 0.0877. The highest BCUT2D eigenvalue weighted by Gasteiger charge is 2.31. The maximum atomic E-state index is 12.9. The van der Waals surface area contributed by atoms with Crippen molar-refractivity contribution in [3.8, 4) is 0 Å². The van der Waals surface area contributed by atoms with Crippen molar-refractivity contribution in [1.82, 2.24) is 20.1 Å². The molecule has 2 aromatic heterocycles. The van der Waals surface area contributed by atoms with Crippen LogP contribution < -0.4 is 5.32 Å². The molecule has 0 aliphatic carbocycles. The zero-order valence-electron chi connectivity index (χ0n) is 15.9. The molecule has 0 aromatic carbocycles. The molecule has 2 aromatic rings. The molecule has 2 heterocycles. The van der Waals surface area contributed by atoms with Gasteiger partial charge in [0.25, 0.3) is 5.91 Å². The van der Waals surface area contributed by atoms with Crippen LogP contribution in [0, 0.1) is 6.92 Å². The Bertz CT molecular complexity index is 817. The second-order valence-corrected chi connectivity index (χ2v) is 6.91. The number of nitrogens with one attached hydrogen (secondary N) is 1. The first kappa shape index (κ1) is 19.8. The summed E-state index contributed by atoms with van der Waals surface area (Å²) < 4.78 is 6.91. The molecule has 0 saturated carbocycles. The Morgan fingerprint density at radius 2 is 2.15 bits per heavy atom. The van der Waals surface area contributed by atoms with Crippen LogP contribution in [0.4, 0.5) is 0 Å². The summed E-state index contributed by atoms with van der Waals surface area (Å²) in [4.78, 5) is 28.6. The summed E-state index contributed by atoms with van der Waals surface area (Å²) in [6, 6.07) is 1.84. The maximum Gasteiger partial charge on any atom is 0.305 e. The molecule has 2 atom stereocenters. The molecule has 8 nitrogen and oxygen atoms in total. The number of pyridine rings is 1. The fourth-order valence-corrected chi connectivity index (χ4v) is 2.95. The fraction of sp³-hybridized carbons (Fsp3) is 0.556. The lowest BCUT2D eigenvalue weighted by Gasteiger charge is -2.28. The number of nitrogens with zero attached hydrogens (tertiary/aromatic N) is 3. The van der Waals surface area contributed by atoms with Gasteiger partial charge in [0.1, 0.15) is 0 Å². The number of amides is 1. The Morgan fingerprint density at radius 1 is 1.46 bits per heavy atom. The molecule has 0 aliphatic heterocycles. The Kier molecular flexibility index (Phi) is 5.97. The number of aryl methyl sites for hydroxylation is 1.